The van der Waals surface area contributed by atoms with Gasteiger partial charge in [-0.15, -0.1) is 6.58 Å². The van der Waals surface area contributed by atoms with Crippen LogP contribution in [0, 0.1) is 5.92 Å². The summed E-state index contributed by atoms with van der Waals surface area (Å²) in [4.78, 5) is 39.4. The summed E-state index contributed by atoms with van der Waals surface area (Å²) in [5.41, 5.74) is -0.406. The summed E-state index contributed by atoms with van der Waals surface area (Å²) in [7, 11) is 3.08. The molecule has 7 nitrogen and oxygen atoms in total. The Morgan fingerprint density at radius 2 is 1.88 bits per heavy atom. The van der Waals surface area contributed by atoms with E-state index in [9.17, 15) is 19.5 Å². The Bertz CT molecular complexity index is 726. The van der Waals surface area contributed by atoms with Gasteiger partial charge in [-0.3, -0.25) is 14.5 Å². The van der Waals surface area contributed by atoms with Crippen LogP contribution in [0.3, 0.4) is 0 Å². The maximum absolute atomic E-state index is 12.6. The van der Waals surface area contributed by atoms with Crippen molar-refractivity contribution >= 4 is 17.9 Å². The van der Waals surface area contributed by atoms with Crippen LogP contribution in [0.5, 0.6) is 5.75 Å². The Morgan fingerprint density at radius 1 is 1.31 bits per heavy atom. The molecule has 0 saturated carbocycles. The number of ether oxygens (including phenoxy) is 1. The normalized spacial score (nSPS) is 18.6. The zero-order valence-electron chi connectivity index (χ0n) is 15.4. The number of carbonyl (C=O) groups excluding carboxylic acids is 2. The van der Waals surface area contributed by atoms with Gasteiger partial charge in [-0.05, 0) is 31.5 Å². The molecular formula is C19H24N2O5. The largest absolute Gasteiger partial charge is 0.497 e. The van der Waals surface area contributed by atoms with E-state index in [2.05, 4.69) is 6.58 Å². The average molecular weight is 360 g/mol. The molecule has 26 heavy (non-hydrogen) atoms. The Kier molecular flexibility index (Phi) is 5.39. The summed E-state index contributed by atoms with van der Waals surface area (Å²) in [6, 6.07) is 6.24. The molecule has 3 amide bonds. The van der Waals surface area contributed by atoms with Crippen molar-refractivity contribution in [2.45, 2.75) is 25.3 Å². The molecular weight excluding hydrogens is 336 g/mol. The van der Waals surface area contributed by atoms with Crippen LogP contribution in [-0.2, 0) is 9.59 Å². The number of hydrogen-bond donors (Lipinski definition) is 1. The van der Waals surface area contributed by atoms with Gasteiger partial charge in [0.2, 0.25) is 0 Å². The Morgan fingerprint density at radius 3 is 2.27 bits per heavy atom. The number of carbonyl (C=O) groups is 3. The van der Waals surface area contributed by atoms with Crippen molar-refractivity contribution in [3.05, 3.63) is 42.5 Å². The first-order valence-electron chi connectivity index (χ1n) is 8.24. The van der Waals surface area contributed by atoms with Gasteiger partial charge in [0.25, 0.3) is 5.91 Å². The number of benzene rings is 1. The zero-order chi connectivity index (χ0) is 19.6. The van der Waals surface area contributed by atoms with Crippen molar-refractivity contribution in [3.8, 4) is 5.75 Å². The van der Waals surface area contributed by atoms with E-state index in [1.54, 1.807) is 45.2 Å². The SMILES string of the molecule is C=C[C@@H](CN1C(=O)N(C)C(C)(C)C1=O)[C@H](C(=O)O)c1ccc(OC)cc1. The van der Waals surface area contributed by atoms with Crippen LogP contribution >= 0.6 is 0 Å². The molecule has 1 aromatic rings. The Labute approximate surface area is 152 Å². The summed E-state index contributed by atoms with van der Waals surface area (Å²) >= 11 is 0. The fourth-order valence-electron chi connectivity index (χ4n) is 3.05. The lowest BCUT2D eigenvalue weighted by atomic mass is 9.85. The van der Waals surface area contributed by atoms with Crippen LogP contribution in [0.25, 0.3) is 0 Å². The highest BCUT2D eigenvalue weighted by Gasteiger charge is 2.50. The zero-order valence-corrected chi connectivity index (χ0v) is 15.4. The van der Waals surface area contributed by atoms with E-state index >= 15 is 0 Å². The third-order valence-corrected chi connectivity index (χ3v) is 4.99. The minimum atomic E-state index is -1.05. The van der Waals surface area contributed by atoms with Crippen molar-refractivity contribution in [1.82, 2.24) is 9.80 Å². The molecule has 1 aliphatic rings. The first kappa shape index (κ1) is 19.5. The van der Waals surface area contributed by atoms with Gasteiger partial charge in [-0.25, -0.2) is 4.79 Å². The smallest absolute Gasteiger partial charge is 0.327 e. The number of imide groups is 1. The highest BCUT2D eigenvalue weighted by molar-refractivity contribution is 6.06. The van der Waals surface area contributed by atoms with Crippen LogP contribution < -0.4 is 4.74 Å². The van der Waals surface area contributed by atoms with Crippen molar-refractivity contribution in [3.63, 3.8) is 0 Å². The molecule has 1 N–H and O–H groups in total. The highest BCUT2D eigenvalue weighted by Crippen LogP contribution is 2.32. The number of likely N-dealkylation sites (N-methyl/N-ethyl adjacent to an activating group) is 1. The predicted octanol–water partition coefficient (Wildman–Crippen LogP) is 2.34. The lowest BCUT2D eigenvalue weighted by Crippen LogP contribution is -2.42. The van der Waals surface area contributed by atoms with E-state index in [1.807, 2.05) is 0 Å². The lowest BCUT2D eigenvalue weighted by Gasteiger charge is -2.25. The number of methoxy groups -OCH3 is 1. The van der Waals surface area contributed by atoms with Gasteiger partial charge in [0.05, 0.1) is 13.0 Å². The van der Waals surface area contributed by atoms with Crippen LogP contribution in [-0.4, -0.2) is 59.1 Å². The van der Waals surface area contributed by atoms with Crippen LogP contribution in [0.1, 0.15) is 25.3 Å². The van der Waals surface area contributed by atoms with Gasteiger partial charge in [0.15, 0.2) is 0 Å². The quantitative estimate of drug-likeness (QED) is 0.596. The molecule has 1 saturated heterocycles. The van der Waals surface area contributed by atoms with Crippen LogP contribution in [0.4, 0.5) is 4.79 Å². The number of rotatable bonds is 7. The third-order valence-electron chi connectivity index (χ3n) is 4.99. The van der Waals surface area contributed by atoms with Gasteiger partial charge in [-0.2, -0.15) is 0 Å². The molecule has 0 bridgehead atoms. The van der Waals surface area contributed by atoms with Crippen molar-refractivity contribution in [1.29, 1.82) is 0 Å². The van der Waals surface area contributed by atoms with Crippen LogP contribution in [0.15, 0.2) is 36.9 Å². The van der Waals surface area contributed by atoms with E-state index in [0.29, 0.717) is 11.3 Å². The molecule has 1 heterocycles. The van der Waals surface area contributed by atoms with E-state index in [1.165, 1.54) is 18.1 Å². The summed E-state index contributed by atoms with van der Waals surface area (Å²) in [5.74, 6) is -2.35. The summed E-state index contributed by atoms with van der Waals surface area (Å²) in [6.07, 6.45) is 1.48. The van der Waals surface area contributed by atoms with Gasteiger partial charge in [-0.1, -0.05) is 18.2 Å². The van der Waals surface area contributed by atoms with Crippen LogP contribution in [0.2, 0.25) is 0 Å². The fourth-order valence-corrected chi connectivity index (χ4v) is 3.05. The molecule has 2 atom stereocenters. The summed E-state index contributed by atoms with van der Waals surface area (Å²) in [6.45, 7) is 7.00. The third kappa shape index (κ3) is 3.29. The van der Waals surface area contributed by atoms with E-state index in [0.717, 1.165) is 4.90 Å². The van der Waals surface area contributed by atoms with Crippen molar-refractivity contribution in [2.75, 3.05) is 20.7 Å². The van der Waals surface area contributed by atoms with Crippen molar-refractivity contribution in [2.24, 2.45) is 5.92 Å². The average Bonchev–Trinajstić information content (AvgIpc) is 2.75. The number of carboxylic acid groups (broad SMARTS) is 1. The van der Waals surface area contributed by atoms with Crippen molar-refractivity contribution < 1.29 is 24.2 Å². The Hall–Kier alpha value is -2.83. The second kappa shape index (κ2) is 7.19. The monoisotopic (exact) mass is 360 g/mol. The molecule has 1 fully saturated rings. The topological polar surface area (TPSA) is 87.2 Å². The molecule has 7 heteroatoms. The molecule has 1 aliphatic heterocycles. The number of aliphatic carboxylic acids is 1. The second-order valence-electron chi connectivity index (χ2n) is 6.80. The minimum absolute atomic E-state index is 0.0437. The second-order valence-corrected chi connectivity index (χ2v) is 6.80. The number of carboxylic acids is 1. The van der Waals surface area contributed by atoms with Gasteiger partial charge < -0.3 is 14.7 Å². The standard InChI is InChI=1S/C19H24N2O5/c1-6-12(11-21-17(24)19(2,3)20(4)18(21)25)15(16(22)23)13-7-9-14(26-5)10-8-13/h6-10,12,15H,1,11H2,2-5H3,(H,22,23)/t12-,15-/m0/s1. The molecule has 0 aromatic heterocycles. The maximum atomic E-state index is 12.6. The maximum Gasteiger partial charge on any atom is 0.327 e. The van der Waals surface area contributed by atoms with Gasteiger partial charge in [0, 0.05) is 19.5 Å². The Balaban J connectivity index is 2.32. The fraction of sp³-hybridized carbons (Fsp3) is 0.421. The molecule has 0 aliphatic carbocycles. The van der Waals surface area contributed by atoms with Gasteiger partial charge >= 0.3 is 12.0 Å². The van der Waals surface area contributed by atoms with E-state index < -0.39 is 29.4 Å². The molecule has 140 valence electrons. The highest BCUT2D eigenvalue weighted by atomic mass is 16.5. The minimum Gasteiger partial charge on any atom is -0.497 e. The predicted molar refractivity (Wildman–Crippen MR) is 96.0 cm³/mol. The number of hydrogen-bond acceptors (Lipinski definition) is 4. The number of urea groups is 1. The summed E-state index contributed by atoms with van der Waals surface area (Å²) < 4.78 is 5.10. The first-order valence-corrected chi connectivity index (χ1v) is 8.24. The van der Waals surface area contributed by atoms with E-state index in [4.69, 9.17) is 4.74 Å². The van der Waals surface area contributed by atoms with Gasteiger partial charge in [0.1, 0.15) is 11.3 Å². The number of amides is 3. The molecule has 1 aromatic carbocycles. The summed E-state index contributed by atoms with van der Waals surface area (Å²) in [5, 5.41) is 9.74. The molecule has 0 radical (unpaired) electrons. The lowest BCUT2D eigenvalue weighted by molar-refractivity contribution is -0.140. The number of nitrogens with zero attached hydrogens (tertiary/aromatic N) is 2. The molecule has 0 spiro atoms. The first-order chi connectivity index (χ1) is 12.1. The van der Waals surface area contributed by atoms with E-state index in [-0.39, 0.29) is 12.5 Å². The molecule has 0 unspecified atom stereocenters. The molecule has 2 rings (SSSR count).